The number of aliphatic carboxylic acids is 1. The molecule has 0 aromatic carbocycles. The molecule has 0 saturated heterocycles. The van der Waals surface area contributed by atoms with Crippen molar-refractivity contribution in [2.45, 2.75) is 44.9 Å². The van der Waals surface area contributed by atoms with Gasteiger partial charge in [0.1, 0.15) is 6.54 Å². The fourth-order valence-corrected chi connectivity index (χ4v) is 2.72. The van der Waals surface area contributed by atoms with Gasteiger partial charge in [0.25, 0.3) is 0 Å². The molecule has 0 heterocycles. The van der Waals surface area contributed by atoms with Crippen molar-refractivity contribution < 1.29 is 14.7 Å². The standard InChI is InChI=1S/C15H28N2O3/c1-16(2)9-10-17(12-15(19)20)14(18)11-13-7-5-3-4-6-8-13/h13H,3-12H2,1-2H3,(H,19,20). The third-order valence-electron chi connectivity index (χ3n) is 3.93. The molecule has 0 aromatic rings. The second-order valence-electron chi connectivity index (χ2n) is 6.07. The van der Waals surface area contributed by atoms with E-state index in [9.17, 15) is 9.59 Å². The molecule has 0 unspecified atom stereocenters. The third-order valence-corrected chi connectivity index (χ3v) is 3.93. The molecule has 5 heteroatoms. The van der Waals surface area contributed by atoms with E-state index in [1.165, 1.54) is 30.6 Å². The largest absolute Gasteiger partial charge is 0.480 e. The maximum atomic E-state index is 12.3. The maximum absolute atomic E-state index is 12.3. The van der Waals surface area contributed by atoms with Gasteiger partial charge in [-0.05, 0) is 32.9 Å². The Morgan fingerprint density at radius 1 is 1.05 bits per heavy atom. The average Bonchev–Trinajstić information content (AvgIpc) is 2.62. The first-order chi connectivity index (χ1) is 9.49. The lowest BCUT2D eigenvalue weighted by atomic mass is 9.96. The van der Waals surface area contributed by atoms with Gasteiger partial charge in [-0.1, -0.05) is 25.7 Å². The summed E-state index contributed by atoms with van der Waals surface area (Å²) in [6.07, 6.45) is 7.68. The molecular weight excluding hydrogens is 256 g/mol. The summed E-state index contributed by atoms with van der Waals surface area (Å²) in [7, 11) is 3.85. The molecule has 0 radical (unpaired) electrons. The molecule has 1 fully saturated rings. The normalized spacial score (nSPS) is 16.9. The van der Waals surface area contributed by atoms with E-state index in [2.05, 4.69) is 0 Å². The Balaban J connectivity index is 2.49. The topological polar surface area (TPSA) is 60.9 Å². The van der Waals surface area contributed by atoms with E-state index in [0.29, 0.717) is 25.4 Å². The first kappa shape index (κ1) is 17.0. The molecule has 0 aliphatic heterocycles. The second-order valence-corrected chi connectivity index (χ2v) is 6.07. The van der Waals surface area contributed by atoms with Crippen LogP contribution >= 0.6 is 0 Å². The van der Waals surface area contributed by atoms with Crippen LogP contribution in [0.3, 0.4) is 0 Å². The fourth-order valence-electron chi connectivity index (χ4n) is 2.72. The number of amides is 1. The van der Waals surface area contributed by atoms with Crippen molar-refractivity contribution >= 4 is 11.9 Å². The SMILES string of the molecule is CN(C)CCN(CC(=O)O)C(=O)CC1CCCCCC1. The van der Waals surface area contributed by atoms with Crippen molar-refractivity contribution in [2.24, 2.45) is 5.92 Å². The number of rotatable bonds is 7. The molecule has 1 aliphatic carbocycles. The van der Waals surface area contributed by atoms with Gasteiger partial charge in [0.2, 0.25) is 5.91 Å². The molecule has 0 aromatic heterocycles. The molecule has 116 valence electrons. The summed E-state index contributed by atoms with van der Waals surface area (Å²) in [5.41, 5.74) is 0. The quantitative estimate of drug-likeness (QED) is 0.724. The summed E-state index contributed by atoms with van der Waals surface area (Å²) in [4.78, 5) is 26.7. The molecule has 1 aliphatic rings. The molecule has 5 nitrogen and oxygen atoms in total. The summed E-state index contributed by atoms with van der Waals surface area (Å²) in [6.45, 7) is 1.01. The van der Waals surface area contributed by atoms with E-state index in [0.717, 1.165) is 12.8 Å². The van der Waals surface area contributed by atoms with Crippen LogP contribution in [0.4, 0.5) is 0 Å². The Kier molecular flexibility index (Phi) is 7.59. The van der Waals surface area contributed by atoms with Gasteiger partial charge >= 0.3 is 5.97 Å². The maximum Gasteiger partial charge on any atom is 0.323 e. The zero-order chi connectivity index (χ0) is 15.0. The predicted molar refractivity (Wildman–Crippen MR) is 78.6 cm³/mol. The Bertz CT molecular complexity index is 310. The fraction of sp³-hybridized carbons (Fsp3) is 0.867. The van der Waals surface area contributed by atoms with Crippen LogP contribution < -0.4 is 0 Å². The van der Waals surface area contributed by atoms with Crippen molar-refractivity contribution in [1.29, 1.82) is 0 Å². The number of carboxylic acid groups (broad SMARTS) is 1. The van der Waals surface area contributed by atoms with Gasteiger partial charge in [0, 0.05) is 19.5 Å². The van der Waals surface area contributed by atoms with Crippen LogP contribution in [0.2, 0.25) is 0 Å². The monoisotopic (exact) mass is 284 g/mol. The summed E-state index contributed by atoms with van der Waals surface area (Å²) in [5.74, 6) is -0.486. The lowest BCUT2D eigenvalue weighted by Crippen LogP contribution is -2.40. The molecule has 1 saturated carbocycles. The first-order valence-corrected chi connectivity index (χ1v) is 7.63. The highest BCUT2D eigenvalue weighted by molar-refractivity contribution is 5.81. The zero-order valence-electron chi connectivity index (χ0n) is 12.8. The lowest BCUT2D eigenvalue weighted by Gasteiger charge is -2.24. The summed E-state index contributed by atoms with van der Waals surface area (Å²) >= 11 is 0. The Labute approximate surface area is 121 Å². The minimum Gasteiger partial charge on any atom is -0.480 e. The molecule has 0 bridgehead atoms. The molecule has 0 atom stereocenters. The van der Waals surface area contributed by atoms with Crippen LogP contribution in [0.25, 0.3) is 0 Å². The smallest absolute Gasteiger partial charge is 0.323 e. The van der Waals surface area contributed by atoms with Gasteiger partial charge in [-0.3, -0.25) is 9.59 Å². The van der Waals surface area contributed by atoms with E-state index in [1.807, 2.05) is 19.0 Å². The highest BCUT2D eigenvalue weighted by Crippen LogP contribution is 2.25. The van der Waals surface area contributed by atoms with Crippen molar-refractivity contribution in [3.8, 4) is 0 Å². The van der Waals surface area contributed by atoms with Gasteiger partial charge in [-0.15, -0.1) is 0 Å². The van der Waals surface area contributed by atoms with E-state index in [-0.39, 0.29) is 12.5 Å². The number of carbonyl (C=O) groups is 2. The van der Waals surface area contributed by atoms with Gasteiger partial charge in [0.05, 0.1) is 0 Å². The number of carboxylic acids is 1. The van der Waals surface area contributed by atoms with Crippen LogP contribution in [-0.2, 0) is 9.59 Å². The Morgan fingerprint density at radius 3 is 2.15 bits per heavy atom. The summed E-state index contributed by atoms with van der Waals surface area (Å²) in [5, 5.41) is 8.94. The van der Waals surface area contributed by atoms with E-state index < -0.39 is 5.97 Å². The Hall–Kier alpha value is -1.10. The third kappa shape index (κ3) is 6.89. The first-order valence-electron chi connectivity index (χ1n) is 7.63. The van der Waals surface area contributed by atoms with E-state index in [1.54, 1.807) is 0 Å². The highest BCUT2D eigenvalue weighted by Gasteiger charge is 2.21. The van der Waals surface area contributed by atoms with Crippen molar-refractivity contribution in [3.63, 3.8) is 0 Å². The van der Waals surface area contributed by atoms with Gasteiger partial charge in [0.15, 0.2) is 0 Å². The van der Waals surface area contributed by atoms with Crippen molar-refractivity contribution in [2.75, 3.05) is 33.7 Å². The Morgan fingerprint density at radius 2 is 1.65 bits per heavy atom. The van der Waals surface area contributed by atoms with Crippen LogP contribution in [0.5, 0.6) is 0 Å². The summed E-state index contributed by atoms with van der Waals surface area (Å²) in [6, 6.07) is 0. The van der Waals surface area contributed by atoms with Crippen molar-refractivity contribution in [3.05, 3.63) is 0 Å². The van der Waals surface area contributed by atoms with E-state index >= 15 is 0 Å². The summed E-state index contributed by atoms with van der Waals surface area (Å²) < 4.78 is 0. The van der Waals surface area contributed by atoms with Crippen molar-refractivity contribution in [1.82, 2.24) is 9.80 Å². The lowest BCUT2D eigenvalue weighted by molar-refractivity contribution is -0.145. The van der Waals surface area contributed by atoms with Crippen LogP contribution in [-0.4, -0.2) is 60.5 Å². The zero-order valence-corrected chi connectivity index (χ0v) is 12.8. The molecule has 1 amide bonds. The van der Waals surface area contributed by atoms with Crippen LogP contribution in [0.15, 0.2) is 0 Å². The molecule has 1 rings (SSSR count). The minimum atomic E-state index is -0.932. The molecule has 0 spiro atoms. The van der Waals surface area contributed by atoms with Gasteiger partial charge < -0.3 is 14.9 Å². The molecular formula is C15H28N2O3. The molecule has 1 N–H and O–H groups in total. The number of likely N-dealkylation sites (N-methyl/N-ethyl adjacent to an activating group) is 1. The van der Waals surface area contributed by atoms with Crippen LogP contribution in [0.1, 0.15) is 44.9 Å². The number of hydrogen-bond donors (Lipinski definition) is 1. The second kappa shape index (κ2) is 8.95. The number of carbonyl (C=O) groups excluding carboxylic acids is 1. The highest BCUT2D eigenvalue weighted by atomic mass is 16.4. The van der Waals surface area contributed by atoms with Gasteiger partial charge in [-0.25, -0.2) is 0 Å². The number of nitrogens with zero attached hydrogens (tertiary/aromatic N) is 2. The number of hydrogen-bond acceptors (Lipinski definition) is 3. The predicted octanol–water partition coefficient (Wildman–Crippen LogP) is 1.82. The van der Waals surface area contributed by atoms with Crippen LogP contribution in [0, 0.1) is 5.92 Å². The molecule has 20 heavy (non-hydrogen) atoms. The van der Waals surface area contributed by atoms with Gasteiger partial charge in [-0.2, -0.15) is 0 Å². The minimum absolute atomic E-state index is 0.00106. The van der Waals surface area contributed by atoms with E-state index in [4.69, 9.17) is 5.11 Å². The average molecular weight is 284 g/mol.